The van der Waals surface area contributed by atoms with Gasteiger partial charge in [-0.05, 0) is 18.4 Å². The third kappa shape index (κ3) is 3.29. The van der Waals surface area contributed by atoms with Gasteiger partial charge < -0.3 is 14.4 Å². The maximum Gasteiger partial charge on any atom is 0.233 e. The number of amides is 1. The fourth-order valence-electron chi connectivity index (χ4n) is 3.93. The second kappa shape index (κ2) is 7.41. The van der Waals surface area contributed by atoms with E-state index in [4.69, 9.17) is 9.47 Å². The predicted octanol–water partition coefficient (Wildman–Crippen LogP) is 2.20. The Bertz CT molecular complexity index is 732. The first kappa shape index (κ1) is 17.0. The molecular formula is C20H23N3O3. The van der Waals surface area contributed by atoms with Gasteiger partial charge in [0.05, 0.1) is 18.2 Å². The lowest BCUT2D eigenvalue weighted by Crippen LogP contribution is -2.49. The Hall–Kier alpha value is -2.47. The molecule has 2 fully saturated rings. The molecule has 1 aromatic carbocycles. The van der Waals surface area contributed by atoms with Crippen LogP contribution in [0.2, 0.25) is 0 Å². The van der Waals surface area contributed by atoms with Gasteiger partial charge in [-0.3, -0.25) is 9.78 Å². The molecule has 2 saturated heterocycles. The van der Waals surface area contributed by atoms with E-state index in [1.54, 1.807) is 18.6 Å². The normalized spacial score (nSPS) is 22.2. The summed E-state index contributed by atoms with van der Waals surface area (Å²) in [5.74, 6) is 0.702. The Morgan fingerprint density at radius 3 is 2.73 bits per heavy atom. The van der Waals surface area contributed by atoms with E-state index in [2.05, 4.69) is 22.1 Å². The molecule has 0 bridgehead atoms. The highest BCUT2D eigenvalue weighted by Crippen LogP contribution is 2.37. The molecule has 0 N–H and O–H groups in total. The first-order valence-electron chi connectivity index (χ1n) is 9.13. The summed E-state index contributed by atoms with van der Waals surface area (Å²) >= 11 is 0. The molecule has 1 aromatic heterocycles. The number of benzene rings is 1. The minimum atomic E-state index is -0.485. The number of likely N-dealkylation sites (tertiary alicyclic amines) is 1. The largest absolute Gasteiger partial charge is 0.471 e. The molecule has 0 saturated carbocycles. The van der Waals surface area contributed by atoms with Crippen molar-refractivity contribution in [2.45, 2.75) is 30.8 Å². The first-order chi connectivity index (χ1) is 12.8. The lowest BCUT2D eigenvalue weighted by atomic mass is 9.73. The average molecular weight is 353 g/mol. The highest BCUT2D eigenvalue weighted by Gasteiger charge is 2.45. The molecule has 1 amide bonds. The van der Waals surface area contributed by atoms with Crippen LogP contribution in [0.15, 0.2) is 48.9 Å². The van der Waals surface area contributed by atoms with E-state index >= 15 is 0 Å². The number of rotatable bonds is 4. The monoisotopic (exact) mass is 353 g/mol. The highest BCUT2D eigenvalue weighted by atomic mass is 16.5. The van der Waals surface area contributed by atoms with Gasteiger partial charge in [-0.15, -0.1) is 0 Å². The van der Waals surface area contributed by atoms with Crippen LogP contribution < -0.4 is 4.74 Å². The molecule has 4 rings (SSSR count). The summed E-state index contributed by atoms with van der Waals surface area (Å²) < 4.78 is 11.4. The average Bonchev–Trinajstić information content (AvgIpc) is 3.18. The SMILES string of the molecule is O=C(N1CCC(Oc2cnccn2)C1)C1(c2ccccc2)CCOCC1. The van der Waals surface area contributed by atoms with E-state index in [0.29, 0.717) is 32.2 Å². The van der Waals surface area contributed by atoms with Gasteiger partial charge >= 0.3 is 0 Å². The van der Waals surface area contributed by atoms with Crippen LogP contribution in [0.25, 0.3) is 0 Å². The fraction of sp³-hybridized carbons (Fsp3) is 0.450. The minimum absolute atomic E-state index is 0.0386. The molecular weight excluding hydrogens is 330 g/mol. The van der Waals surface area contributed by atoms with Gasteiger partial charge in [-0.25, -0.2) is 4.98 Å². The van der Waals surface area contributed by atoms with Crippen LogP contribution >= 0.6 is 0 Å². The van der Waals surface area contributed by atoms with Crippen LogP contribution in [0.4, 0.5) is 0 Å². The molecule has 6 heteroatoms. The highest BCUT2D eigenvalue weighted by molar-refractivity contribution is 5.88. The minimum Gasteiger partial charge on any atom is -0.471 e. The van der Waals surface area contributed by atoms with Gasteiger partial charge in [0.1, 0.15) is 6.10 Å². The molecule has 0 radical (unpaired) electrons. The number of aromatic nitrogens is 2. The second-order valence-electron chi connectivity index (χ2n) is 6.88. The molecule has 2 aliphatic rings. The zero-order valence-electron chi connectivity index (χ0n) is 14.7. The fourth-order valence-corrected chi connectivity index (χ4v) is 3.93. The van der Waals surface area contributed by atoms with Crippen molar-refractivity contribution in [1.82, 2.24) is 14.9 Å². The second-order valence-corrected chi connectivity index (χ2v) is 6.88. The van der Waals surface area contributed by atoms with E-state index in [1.165, 1.54) is 0 Å². The van der Waals surface area contributed by atoms with Gasteiger partial charge in [0, 0.05) is 38.6 Å². The molecule has 2 aliphatic heterocycles. The van der Waals surface area contributed by atoms with Crippen molar-refractivity contribution in [3.05, 3.63) is 54.5 Å². The van der Waals surface area contributed by atoms with Gasteiger partial charge in [-0.2, -0.15) is 0 Å². The Kier molecular flexibility index (Phi) is 4.84. The third-order valence-electron chi connectivity index (χ3n) is 5.34. The summed E-state index contributed by atoms with van der Waals surface area (Å²) in [4.78, 5) is 23.6. The van der Waals surface area contributed by atoms with Crippen molar-refractivity contribution < 1.29 is 14.3 Å². The van der Waals surface area contributed by atoms with E-state index < -0.39 is 5.41 Å². The molecule has 6 nitrogen and oxygen atoms in total. The number of carbonyl (C=O) groups excluding carboxylic acids is 1. The smallest absolute Gasteiger partial charge is 0.233 e. The van der Waals surface area contributed by atoms with Gasteiger partial charge in [0.15, 0.2) is 0 Å². The lowest BCUT2D eigenvalue weighted by molar-refractivity contribution is -0.140. The molecule has 0 spiro atoms. The van der Waals surface area contributed by atoms with Gasteiger partial charge in [-0.1, -0.05) is 30.3 Å². The van der Waals surface area contributed by atoms with Crippen molar-refractivity contribution in [3.63, 3.8) is 0 Å². The maximum atomic E-state index is 13.5. The van der Waals surface area contributed by atoms with Crippen LogP contribution in [0.3, 0.4) is 0 Å². The standard InChI is InChI=1S/C20H23N3O3/c24-19(20(7-12-25-13-8-20)16-4-2-1-3-5-16)23-11-6-17(15-23)26-18-14-21-9-10-22-18/h1-5,9-10,14,17H,6-8,11-13,15H2. The molecule has 26 heavy (non-hydrogen) atoms. The number of ether oxygens (including phenoxy) is 2. The molecule has 3 heterocycles. The summed E-state index contributed by atoms with van der Waals surface area (Å²) in [6.45, 7) is 2.53. The van der Waals surface area contributed by atoms with E-state index in [0.717, 1.165) is 24.8 Å². The molecule has 1 unspecified atom stereocenters. The lowest BCUT2D eigenvalue weighted by Gasteiger charge is -2.39. The maximum absolute atomic E-state index is 13.5. The zero-order valence-corrected chi connectivity index (χ0v) is 14.7. The summed E-state index contributed by atoms with van der Waals surface area (Å²) in [5, 5.41) is 0. The summed E-state index contributed by atoms with van der Waals surface area (Å²) in [7, 11) is 0. The Morgan fingerprint density at radius 1 is 1.19 bits per heavy atom. The van der Waals surface area contributed by atoms with E-state index in [1.807, 2.05) is 23.1 Å². The molecule has 1 atom stereocenters. The van der Waals surface area contributed by atoms with Crippen LogP contribution in [-0.2, 0) is 14.9 Å². The van der Waals surface area contributed by atoms with Crippen LogP contribution in [0.1, 0.15) is 24.8 Å². The number of nitrogens with zero attached hydrogens (tertiary/aromatic N) is 3. The van der Waals surface area contributed by atoms with Gasteiger partial charge in [0.25, 0.3) is 0 Å². The quantitative estimate of drug-likeness (QED) is 0.843. The number of hydrogen-bond donors (Lipinski definition) is 0. The van der Waals surface area contributed by atoms with Crippen molar-refractivity contribution in [2.24, 2.45) is 0 Å². The summed E-state index contributed by atoms with van der Waals surface area (Å²) in [5.41, 5.74) is 0.604. The zero-order chi connectivity index (χ0) is 17.8. The topological polar surface area (TPSA) is 64.6 Å². The summed E-state index contributed by atoms with van der Waals surface area (Å²) in [6.07, 6.45) is 7.05. The Balaban J connectivity index is 1.50. The third-order valence-corrected chi connectivity index (χ3v) is 5.34. The Morgan fingerprint density at radius 2 is 2.00 bits per heavy atom. The van der Waals surface area contributed by atoms with Crippen LogP contribution in [0, 0.1) is 0 Å². The van der Waals surface area contributed by atoms with Crippen molar-refractivity contribution in [3.8, 4) is 5.88 Å². The summed E-state index contributed by atoms with van der Waals surface area (Å²) in [6, 6.07) is 10.1. The van der Waals surface area contributed by atoms with Gasteiger partial charge in [0.2, 0.25) is 11.8 Å². The van der Waals surface area contributed by atoms with Crippen molar-refractivity contribution >= 4 is 5.91 Å². The first-order valence-corrected chi connectivity index (χ1v) is 9.13. The molecule has 2 aromatic rings. The van der Waals surface area contributed by atoms with Crippen LogP contribution in [0.5, 0.6) is 5.88 Å². The predicted molar refractivity (Wildman–Crippen MR) is 95.8 cm³/mol. The van der Waals surface area contributed by atoms with E-state index in [9.17, 15) is 4.79 Å². The Labute approximate surface area is 153 Å². The van der Waals surface area contributed by atoms with Crippen LogP contribution in [-0.4, -0.2) is 53.2 Å². The van der Waals surface area contributed by atoms with Crippen molar-refractivity contribution in [1.29, 1.82) is 0 Å². The van der Waals surface area contributed by atoms with E-state index in [-0.39, 0.29) is 12.0 Å². The number of carbonyl (C=O) groups is 1. The number of hydrogen-bond acceptors (Lipinski definition) is 5. The molecule has 0 aliphatic carbocycles. The molecule has 136 valence electrons. The van der Waals surface area contributed by atoms with Crippen molar-refractivity contribution in [2.75, 3.05) is 26.3 Å².